The quantitative estimate of drug-likeness (QED) is 0.801. The second kappa shape index (κ2) is 7.76. The molecule has 1 aromatic carbocycles. The Morgan fingerprint density at radius 2 is 2.14 bits per heavy atom. The molecule has 0 saturated carbocycles. The summed E-state index contributed by atoms with van der Waals surface area (Å²) >= 11 is 0. The maximum atomic E-state index is 13.5. The highest BCUT2D eigenvalue weighted by molar-refractivity contribution is 5.30. The highest BCUT2D eigenvalue weighted by Gasteiger charge is 2.22. The summed E-state index contributed by atoms with van der Waals surface area (Å²) in [5.74, 6) is 0.0541. The van der Waals surface area contributed by atoms with Gasteiger partial charge in [-0.15, -0.1) is 0 Å². The predicted molar refractivity (Wildman–Crippen MR) is 84.2 cm³/mol. The molecule has 21 heavy (non-hydrogen) atoms. The molecule has 3 nitrogen and oxygen atoms in total. The number of benzene rings is 1. The standard InChI is InChI=1S/C17H27FN2O/c1-19(2)11-9-15-6-4-5-10-20(15)13-14-7-8-16(18)17(12-14)21-3/h7-8,12,15H,4-6,9-11,13H2,1-3H3. The Bertz CT molecular complexity index is 450. The Hall–Kier alpha value is -1.13. The molecule has 1 saturated heterocycles. The minimum Gasteiger partial charge on any atom is -0.494 e. The van der Waals surface area contributed by atoms with E-state index in [4.69, 9.17) is 4.74 Å². The molecule has 1 fully saturated rings. The molecule has 0 aromatic heterocycles. The van der Waals surface area contributed by atoms with Crippen molar-refractivity contribution in [1.82, 2.24) is 9.80 Å². The molecule has 0 bridgehead atoms. The topological polar surface area (TPSA) is 15.7 Å². The zero-order valence-corrected chi connectivity index (χ0v) is 13.4. The van der Waals surface area contributed by atoms with Crippen molar-refractivity contribution >= 4 is 0 Å². The molecule has 1 aliphatic heterocycles. The Morgan fingerprint density at radius 3 is 2.86 bits per heavy atom. The zero-order chi connectivity index (χ0) is 15.2. The summed E-state index contributed by atoms with van der Waals surface area (Å²) in [6, 6.07) is 5.84. The van der Waals surface area contributed by atoms with Crippen LogP contribution in [0.4, 0.5) is 4.39 Å². The van der Waals surface area contributed by atoms with E-state index >= 15 is 0 Å². The van der Waals surface area contributed by atoms with Crippen molar-refractivity contribution < 1.29 is 9.13 Å². The first-order valence-corrected chi connectivity index (χ1v) is 7.81. The lowest BCUT2D eigenvalue weighted by atomic mass is 9.98. The third kappa shape index (κ3) is 4.68. The van der Waals surface area contributed by atoms with Crippen molar-refractivity contribution in [3.63, 3.8) is 0 Å². The van der Waals surface area contributed by atoms with E-state index in [1.54, 1.807) is 0 Å². The van der Waals surface area contributed by atoms with Crippen molar-refractivity contribution in [2.75, 3.05) is 34.3 Å². The van der Waals surface area contributed by atoms with Crippen molar-refractivity contribution in [3.8, 4) is 5.75 Å². The number of piperidine rings is 1. The van der Waals surface area contributed by atoms with Crippen LogP contribution in [0.3, 0.4) is 0 Å². The average Bonchev–Trinajstić information content (AvgIpc) is 2.48. The van der Waals surface area contributed by atoms with Crippen molar-refractivity contribution in [2.45, 2.75) is 38.3 Å². The van der Waals surface area contributed by atoms with Gasteiger partial charge in [0.2, 0.25) is 0 Å². The minimum atomic E-state index is -0.288. The molecule has 0 aliphatic carbocycles. The normalized spacial score (nSPS) is 20.0. The van der Waals surface area contributed by atoms with Gasteiger partial charge < -0.3 is 9.64 Å². The molecule has 1 unspecified atom stereocenters. The van der Waals surface area contributed by atoms with Crippen LogP contribution < -0.4 is 4.74 Å². The number of rotatable bonds is 6. The lowest BCUT2D eigenvalue weighted by Crippen LogP contribution is -2.40. The van der Waals surface area contributed by atoms with Gasteiger partial charge in [0.25, 0.3) is 0 Å². The largest absolute Gasteiger partial charge is 0.494 e. The van der Waals surface area contributed by atoms with Gasteiger partial charge in [-0.05, 0) is 64.1 Å². The van der Waals surface area contributed by atoms with Crippen LogP contribution in [-0.2, 0) is 6.54 Å². The average molecular weight is 294 g/mol. The minimum absolute atomic E-state index is 0.288. The molecular formula is C17H27FN2O. The van der Waals surface area contributed by atoms with Crippen LogP contribution in [0.2, 0.25) is 0 Å². The summed E-state index contributed by atoms with van der Waals surface area (Å²) in [6.45, 7) is 3.14. The van der Waals surface area contributed by atoms with Crippen LogP contribution in [0, 0.1) is 5.82 Å². The maximum absolute atomic E-state index is 13.5. The van der Waals surface area contributed by atoms with Gasteiger partial charge in [-0.1, -0.05) is 12.5 Å². The van der Waals surface area contributed by atoms with Gasteiger partial charge >= 0.3 is 0 Å². The van der Waals surface area contributed by atoms with Gasteiger partial charge in [-0.3, -0.25) is 4.90 Å². The number of nitrogens with zero attached hydrogens (tertiary/aromatic N) is 2. The highest BCUT2D eigenvalue weighted by atomic mass is 19.1. The SMILES string of the molecule is COc1cc(CN2CCCCC2CCN(C)C)ccc1F. The van der Waals surface area contributed by atoms with Crippen LogP contribution in [0.25, 0.3) is 0 Å². The number of methoxy groups -OCH3 is 1. The first kappa shape index (κ1) is 16.2. The number of hydrogen-bond acceptors (Lipinski definition) is 3. The molecule has 0 amide bonds. The Morgan fingerprint density at radius 1 is 1.33 bits per heavy atom. The number of likely N-dealkylation sites (tertiary alicyclic amines) is 1. The van der Waals surface area contributed by atoms with Crippen LogP contribution in [-0.4, -0.2) is 50.1 Å². The van der Waals surface area contributed by atoms with Gasteiger partial charge in [-0.25, -0.2) is 4.39 Å². The van der Waals surface area contributed by atoms with E-state index in [-0.39, 0.29) is 5.82 Å². The second-order valence-corrected chi connectivity index (χ2v) is 6.18. The Labute approximate surface area is 127 Å². The van der Waals surface area contributed by atoms with Gasteiger partial charge in [0, 0.05) is 12.6 Å². The third-order valence-electron chi connectivity index (χ3n) is 4.26. The predicted octanol–water partition coefficient (Wildman–Crippen LogP) is 3.14. The van der Waals surface area contributed by atoms with Crippen LogP contribution in [0.5, 0.6) is 5.75 Å². The van der Waals surface area contributed by atoms with Gasteiger partial charge in [0.15, 0.2) is 11.6 Å². The number of ether oxygens (including phenoxy) is 1. The van der Waals surface area contributed by atoms with Crippen molar-refractivity contribution in [1.29, 1.82) is 0 Å². The van der Waals surface area contributed by atoms with Crippen molar-refractivity contribution in [3.05, 3.63) is 29.6 Å². The fraction of sp³-hybridized carbons (Fsp3) is 0.647. The first-order valence-electron chi connectivity index (χ1n) is 7.81. The van der Waals surface area contributed by atoms with Gasteiger partial charge in [0.05, 0.1) is 7.11 Å². The fourth-order valence-electron chi connectivity index (χ4n) is 3.04. The lowest BCUT2D eigenvalue weighted by Gasteiger charge is -2.36. The lowest BCUT2D eigenvalue weighted by molar-refractivity contribution is 0.124. The highest BCUT2D eigenvalue weighted by Crippen LogP contribution is 2.24. The van der Waals surface area contributed by atoms with Crippen LogP contribution >= 0.6 is 0 Å². The van der Waals surface area contributed by atoms with E-state index < -0.39 is 0 Å². The van der Waals surface area contributed by atoms with E-state index in [2.05, 4.69) is 23.9 Å². The summed E-state index contributed by atoms with van der Waals surface area (Å²) in [7, 11) is 5.76. The molecule has 4 heteroatoms. The van der Waals surface area contributed by atoms with E-state index in [9.17, 15) is 4.39 Å². The zero-order valence-electron chi connectivity index (χ0n) is 13.4. The van der Waals surface area contributed by atoms with Gasteiger partial charge in [-0.2, -0.15) is 0 Å². The summed E-state index contributed by atoms with van der Waals surface area (Å²) in [5.41, 5.74) is 1.13. The monoisotopic (exact) mass is 294 g/mol. The van der Waals surface area contributed by atoms with E-state index in [1.165, 1.54) is 38.9 Å². The summed E-state index contributed by atoms with van der Waals surface area (Å²) in [4.78, 5) is 4.79. The Kier molecular flexibility index (Phi) is 6.00. The molecule has 1 heterocycles. The molecule has 118 valence electrons. The summed E-state index contributed by atoms with van der Waals surface area (Å²) in [5, 5.41) is 0. The number of hydrogen-bond donors (Lipinski definition) is 0. The van der Waals surface area contributed by atoms with Gasteiger partial charge in [0.1, 0.15) is 0 Å². The maximum Gasteiger partial charge on any atom is 0.165 e. The van der Waals surface area contributed by atoms with Crippen LogP contribution in [0.15, 0.2) is 18.2 Å². The molecule has 1 aliphatic rings. The summed E-state index contributed by atoms with van der Waals surface area (Å²) in [6.07, 6.45) is 5.05. The summed E-state index contributed by atoms with van der Waals surface area (Å²) < 4.78 is 18.6. The molecule has 0 N–H and O–H groups in total. The molecule has 1 aromatic rings. The Balaban J connectivity index is 2.01. The smallest absolute Gasteiger partial charge is 0.165 e. The van der Waals surface area contributed by atoms with E-state index in [0.717, 1.165) is 25.2 Å². The van der Waals surface area contributed by atoms with Crippen LogP contribution in [0.1, 0.15) is 31.2 Å². The first-order chi connectivity index (χ1) is 10.1. The second-order valence-electron chi connectivity index (χ2n) is 6.18. The number of halogens is 1. The van der Waals surface area contributed by atoms with E-state index in [0.29, 0.717) is 11.8 Å². The fourth-order valence-corrected chi connectivity index (χ4v) is 3.04. The van der Waals surface area contributed by atoms with E-state index in [1.807, 2.05) is 12.1 Å². The third-order valence-corrected chi connectivity index (χ3v) is 4.26. The molecule has 0 spiro atoms. The molecule has 2 rings (SSSR count). The molecule has 1 atom stereocenters. The van der Waals surface area contributed by atoms with Crippen molar-refractivity contribution in [2.24, 2.45) is 0 Å². The molecular weight excluding hydrogens is 267 g/mol. The molecule has 0 radical (unpaired) electrons.